The lowest BCUT2D eigenvalue weighted by Gasteiger charge is -2.00. The van der Waals surface area contributed by atoms with Gasteiger partial charge in [0.1, 0.15) is 0 Å². The quantitative estimate of drug-likeness (QED) is 0.316. The maximum absolute atomic E-state index is 11.1. The molecule has 0 fully saturated rings. The van der Waals surface area contributed by atoms with Gasteiger partial charge in [0.2, 0.25) is 0 Å². The molecule has 0 N–H and O–H groups in total. The van der Waals surface area contributed by atoms with Crippen molar-refractivity contribution in [2.45, 2.75) is 6.42 Å². The average Bonchev–Trinajstić information content (AvgIpc) is 2.20. The van der Waals surface area contributed by atoms with Gasteiger partial charge in [-0.3, -0.25) is 4.79 Å². The van der Waals surface area contributed by atoms with E-state index >= 15 is 0 Å². The average molecular weight is 191 g/mol. The Morgan fingerprint density at radius 3 is 2.79 bits per heavy atom. The molecule has 0 unspecified atom stereocenters. The van der Waals surface area contributed by atoms with Crippen LogP contribution in [-0.2, 0) is 16.0 Å². The minimum atomic E-state index is -0.399. The number of rotatable bonds is 4. The molecule has 0 atom stereocenters. The van der Waals surface area contributed by atoms with E-state index < -0.39 is 5.97 Å². The van der Waals surface area contributed by atoms with Gasteiger partial charge in [-0.15, -0.1) is 0 Å². The molecule has 1 rings (SSSR count). The summed E-state index contributed by atoms with van der Waals surface area (Å²) in [7, 11) is 0. The Hall–Kier alpha value is -2.00. The van der Waals surface area contributed by atoms with Crippen LogP contribution in [-0.4, -0.2) is 12.7 Å². The molecule has 0 amide bonds. The molecule has 5 heteroatoms. The highest BCUT2D eigenvalue weighted by atomic mass is 16.5. The van der Waals surface area contributed by atoms with Crippen LogP contribution in [0.5, 0.6) is 0 Å². The molecule has 0 saturated heterocycles. The van der Waals surface area contributed by atoms with E-state index in [1.54, 1.807) is 0 Å². The summed E-state index contributed by atoms with van der Waals surface area (Å²) in [5.74, 6) is -0.399. The zero-order valence-electron chi connectivity index (χ0n) is 7.46. The van der Waals surface area contributed by atoms with E-state index in [1.165, 1.54) is 0 Å². The maximum Gasteiger partial charge on any atom is 0.310 e. The normalized spacial score (nSPS) is 8.86. The van der Waals surface area contributed by atoms with Gasteiger partial charge in [0.25, 0.3) is 0 Å². The highest BCUT2D eigenvalue weighted by molar-refractivity contribution is 5.72. The van der Waals surface area contributed by atoms with Crippen LogP contribution < -0.4 is 0 Å². The van der Waals surface area contributed by atoms with Crippen LogP contribution in [0.4, 0.5) is 0 Å². The number of hydrogen-bond donors (Lipinski definition) is 0. The van der Waals surface area contributed by atoms with Crippen molar-refractivity contribution in [1.82, 2.24) is 0 Å². The number of esters is 1. The first-order valence-electron chi connectivity index (χ1n) is 4.03. The summed E-state index contributed by atoms with van der Waals surface area (Å²) < 4.78 is 4.63. The molecule has 0 saturated carbocycles. The van der Waals surface area contributed by atoms with Crippen molar-refractivity contribution < 1.29 is 9.53 Å². The molecule has 1 aromatic rings. The number of hydrogen-bond acceptors (Lipinski definition) is 3. The molecular weight excluding hydrogens is 182 g/mol. The van der Waals surface area contributed by atoms with E-state index in [9.17, 15) is 4.79 Å². The summed E-state index contributed by atoms with van der Waals surface area (Å²) >= 11 is 0. The summed E-state index contributed by atoms with van der Waals surface area (Å²) in [5, 5.41) is 3.09. The lowest BCUT2D eigenvalue weighted by molar-refractivity contribution is -0.142. The van der Waals surface area contributed by atoms with Crippen molar-refractivity contribution in [3.05, 3.63) is 46.3 Å². The molecule has 0 radical (unpaired) electrons. The standard InChI is InChI=1S/C9H9N3O2/c10-12-11-7-14-9(13)6-8-4-2-1-3-5-8/h1-5H,6-7H2. The van der Waals surface area contributed by atoms with Crippen molar-refractivity contribution >= 4 is 5.97 Å². The summed E-state index contributed by atoms with van der Waals surface area (Å²) in [6, 6.07) is 9.21. The molecule has 0 bridgehead atoms. The summed E-state index contributed by atoms with van der Waals surface area (Å²) in [5.41, 5.74) is 8.81. The predicted octanol–water partition coefficient (Wildman–Crippen LogP) is 2.04. The first-order chi connectivity index (χ1) is 6.83. The molecule has 5 nitrogen and oxygen atoms in total. The van der Waals surface area contributed by atoms with Crippen LogP contribution in [0.1, 0.15) is 5.56 Å². The Bertz CT molecular complexity index is 344. The minimum absolute atomic E-state index is 0.196. The zero-order chi connectivity index (χ0) is 10.2. The van der Waals surface area contributed by atoms with Crippen LogP contribution in [0.25, 0.3) is 10.4 Å². The second-order valence-electron chi connectivity index (χ2n) is 2.54. The van der Waals surface area contributed by atoms with Crippen LogP contribution in [0.3, 0.4) is 0 Å². The monoisotopic (exact) mass is 191 g/mol. The van der Waals surface area contributed by atoms with Gasteiger partial charge < -0.3 is 4.74 Å². The topological polar surface area (TPSA) is 75.1 Å². The predicted molar refractivity (Wildman–Crippen MR) is 50.3 cm³/mol. The minimum Gasteiger partial charge on any atom is -0.459 e. The third kappa shape index (κ3) is 3.60. The van der Waals surface area contributed by atoms with Crippen molar-refractivity contribution in [3.63, 3.8) is 0 Å². The van der Waals surface area contributed by atoms with E-state index in [1.807, 2.05) is 30.3 Å². The first kappa shape index (κ1) is 10.1. The van der Waals surface area contributed by atoms with Gasteiger partial charge in [-0.1, -0.05) is 35.4 Å². The second-order valence-corrected chi connectivity index (χ2v) is 2.54. The number of carbonyl (C=O) groups is 1. The lowest BCUT2D eigenvalue weighted by Crippen LogP contribution is -2.07. The Balaban J connectivity index is 2.38. The van der Waals surface area contributed by atoms with Gasteiger partial charge in [0.05, 0.1) is 6.42 Å². The number of carbonyl (C=O) groups excluding carboxylic acids is 1. The van der Waals surface area contributed by atoms with Crippen LogP contribution in [0.15, 0.2) is 35.4 Å². The highest BCUT2D eigenvalue weighted by Crippen LogP contribution is 2.00. The van der Waals surface area contributed by atoms with E-state index in [-0.39, 0.29) is 13.2 Å². The van der Waals surface area contributed by atoms with Gasteiger partial charge in [0, 0.05) is 4.91 Å². The molecule has 0 aliphatic heterocycles. The summed E-state index contributed by atoms with van der Waals surface area (Å²) in [6.45, 7) is -0.248. The van der Waals surface area contributed by atoms with Crippen LogP contribution in [0, 0.1) is 0 Å². The smallest absolute Gasteiger partial charge is 0.310 e. The molecule has 14 heavy (non-hydrogen) atoms. The molecule has 0 aromatic heterocycles. The molecule has 0 aliphatic carbocycles. The number of ether oxygens (including phenoxy) is 1. The third-order valence-corrected chi connectivity index (χ3v) is 1.54. The highest BCUT2D eigenvalue weighted by Gasteiger charge is 2.02. The Morgan fingerprint density at radius 1 is 1.43 bits per heavy atom. The summed E-state index contributed by atoms with van der Waals surface area (Å²) in [6.07, 6.45) is 0.196. The van der Waals surface area contributed by atoms with Gasteiger partial charge in [-0.05, 0) is 11.1 Å². The fourth-order valence-electron chi connectivity index (χ4n) is 0.940. The second kappa shape index (κ2) is 5.61. The Kier molecular flexibility index (Phi) is 4.04. The van der Waals surface area contributed by atoms with Crippen molar-refractivity contribution in [3.8, 4) is 0 Å². The maximum atomic E-state index is 11.1. The number of benzene rings is 1. The van der Waals surface area contributed by atoms with Crippen molar-refractivity contribution in [2.75, 3.05) is 6.73 Å². The lowest BCUT2D eigenvalue weighted by atomic mass is 10.2. The Labute approximate surface area is 80.9 Å². The van der Waals surface area contributed by atoms with Gasteiger partial charge in [-0.2, -0.15) is 0 Å². The van der Waals surface area contributed by atoms with Gasteiger partial charge in [0.15, 0.2) is 6.73 Å². The number of nitrogens with zero attached hydrogens (tertiary/aromatic N) is 3. The number of azide groups is 1. The van der Waals surface area contributed by atoms with Crippen LogP contribution in [0.2, 0.25) is 0 Å². The zero-order valence-corrected chi connectivity index (χ0v) is 7.46. The van der Waals surface area contributed by atoms with E-state index in [0.29, 0.717) is 0 Å². The van der Waals surface area contributed by atoms with Crippen LogP contribution >= 0.6 is 0 Å². The molecule has 0 spiro atoms. The third-order valence-electron chi connectivity index (χ3n) is 1.54. The fraction of sp³-hybridized carbons (Fsp3) is 0.222. The van der Waals surface area contributed by atoms with Gasteiger partial charge >= 0.3 is 5.97 Å². The first-order valence-corrected chi connectivity index (χ1v) is 4.03. The fourth-order valence-corrected chi connectivity index (χ4v) is 0.940. The van der Waals surface area contributed by atoms with Crippen molar-refractivity contribution in [1.29, 1.82) is 0 Å². The molecular formula is C9H9N3O2. The van der Waals surface area contributed by atoms with E-state index in [2.05, 4.69) is 14.8 Å². The van der Waals surface area contributed by atoms with Gasteiger partial charge in [-0.25, -0.2) is 0 Å². The molecule has 0 aliphatic rings. The largest absolute Gasteiger partial charge is 0.459 e. The summed E-state index contributed by atoms with van der Waals surface area (Å²) in [4.78, 5) is 13.5. The van der Waals surface area contributed by atoms with E-state index in [0.717, 1.165) is 5.56 Å². The Morgan fingerprint density at radius 2 is 2.14 bits per heavy atom. The SMILES string of the molecule is [N-]=[N+]=NCOC(=O)Cc1ccccc1. The molecule has 1 aromatic carbocycles. The van der Waals surface area contributed by atoms with E-state index in [4.69, 9.17) is 5.53 Å². The molecule has 0 heterocycles. The molecule has 72 valence electrons. The van der Waals surface area contributed by atoms with Crippen molar-refractivity contribution in [2.24, 2.45) is 5.11 Å².